The number of ketones is 1. The minimum atomic E-state index is -4.53. The molecular formula is C32H32F3N3O4S. The molecule has 11 heteroatoms. The van der Waals surface area contributed by atoms with Crippen LogP contribution in [-0.2, 0) is 20.8 Å². The van der Waals surface area contributed by atoms with Crippen molar-refractivity contribution in [3.8, 4) is 28.8 Å². The third kappa shape index (κ3) is 6.21. The molecule has 0 N–H and O–H groups in total. The summed E-state index contributed by atoms with van der Waals surface area (Å²) < 4.78 is 70.6. The molecule has 1 aromatic heterocycles. The van der Waals surface area contributed by atoms with Gasteiger partial charge in [-0.3, -0.25) is 4.79 Å². The number of anilines is 1. The van der Waals surface area contributed by atoms with Gasteiger partial charge in [0.15, 0.2) is 9.84 Å². The van der Waals surface area contributed by atoms with Gasteiger partial charge in [-0.2, -0.15) is 18.4 Å². The molecule has 6 rings (SSSR count). The molecule has 2 aliphatic carbocycles. The molecule has 2 atom stereocenters. The van der Waals surface area contributed by atoms with Crippen molar-refractivity contribution in [1.82, 2.24) is 4.98 Å². The van der Waals surface area contributed by atoms with E-state index in [4.69, 9.17) is 9.40 Å². The minimum absolute atomic E-state index is 0.0297. The van der Waals surface area contributed by atoms with E-state index in [-0.39, 0.29) is 47.0 Å². The summed E-state index contributed by atoms with van der Waals surface area (Å²) in [4.78, 5) is 20.3. The molecule has 226 valence electrons. The quantitative estimate of drug-likeness (QED) is 0.289. The Balaban J connectivity index is 1.37. The van der Waals surface area contributed by atoms with E-state index in [9.17, 15) is 31.6 Å². The molecule has 0 bridgehead atoms. The lowest BCUT2D eigenvalue weighted by molar-refractivity contribution is -0.137. The number of hydrogen-bond acceptors (Lipinski definition) is 7. The molecule has 1 aliphatic heterocycles. The molecule has 3 aromatic rings. The van der Waals surface area contributed by atoms with Crippen molar-refractivity contribution in [2.24, 2.45) is 11.3 Å². The Hall–Kier alpha value is -3.65. The zero-order chi connectivity index (χ0) is 30.4. The van der Waals surface area contributed by atoms with Gasteiger partial charge >= 0.3 is 6.18 Å². The van der Waals surface area contributed by atoms with Gasteiger partial charge in [-0.05, 0) is 56.0 Å². The standard InChI is InChI=1S/C32H32F3N3O4S/c33-32(34,35)23-5-3-4-22(18-23)30-37-28(21-8-10-24(11-9-21)38-14-16-43(40,41)17-15-38)29(42-30)26-7-2-1-6-25(26)27(39)19-31(20-36)12-13-31/h3-5,8-11,18,25-26H,1-2,6-7,12-17,19H2/t25-,26-/m1/s1. The van der Waals surface area contributed by atoms with E-state index in [0.717, 1.165) is 43.5 Å². The Labute approximate surface area is 248 Å². The molecule has 0 radical (unpaired) electrons. The first-order chi connectivity index (χ1) is 20.5. The maximum atomic E-state index is 13.6. The summed E-state index contributed by atoms with van der Waals surface area (Å²) >= 11 is 0. The Kier molecular flexibility index (Phi) is 7.61. The van der Waals surface area contributed by atoms with Crippen LogP contribution in [0.3, 0.4) is 0 Å². The normalized spacial score (nSPS) is 23.0. The lowest BCUT2D eigenvalue weighted by Gasteiger charge is -2.30. The number of carbonyl (C=O) groups is 1. The van der Waals surface area contributed by atoms with Crippen molar-refractivity contribution >= 4 is 21.3 Å². The van der Waals surface area contributed by atoms with Crippen molar-refractivity contribution in [3.05, 3.63) is 59.9 Å². The van der Waals surface area contributed by atoms with Crippen LogP contribution in [0.4, 0.5) is 18.9 Å². The molecule has 43 heavy (non-hydrogen) atoms. The largest absolute Gasteiger partial charge is 0.440 e. The van der Waals surface area contributed by atoms with Crippen molar-refractivity contribution < 1.29 is 30.8 Å². The molecule has 0 amide bonds. The van der Waals surface area contributed by atoms with Gasteiger partial charge < -0.3 is 9.32 Å². The predicted octanol–water partition coefficient (Wildman–Crippen LogP) is 6.80. The topological polar surface area (TPSA) is 104 Å². The Morgan fingerprint density at radius 2 is 1.74 bits per heavy atom. The van der Waals surface area contributed by atoms with Gasteiger partial charge in [0.1, 0.15) is 17.2 Å². The number of hydrogen-bond donors (Lipinski definition) is 0. The molecule has 2 aromatic carbocycles. The monoisotopic (exact) mass is 611 g/mol. The number of nitriles is 1. The number of nitrogens with zero attached hydrogens (tertiary/aromatic N) is 3. The van der Waals surface area contributed by atoms with Crippen LogP contribution in [-0.4, -0.2) is 43.8 Å². The highest BCUT2D eigenvalue weighted by Gasteiger charge is 2.47. The highest BCUT2D eigenvalue weighted by atomic mass is 32.2. The molecule has 2 heterocycles. The fourth-order valence-electron chi connectivity index (χ4n) is 6.32. The third-order valence-electron chi connectivity index (χ3n) is 9.06. The zero-order valence-electron chi connectivity index (χ0n) is 23.6. The van der Waals surface area contributed by atoms with Crippen LogP contribution in [0.2, 0.25) is 0 Å². The van der Waals surface area contributed by atoms with Gasteiger partial charge in [-0.15, -0.1) is 0 Å². The lowest BCUT2D eigenvalue weighted by Crippen LogP contribution is -2.40. The minimum Gasteiger partial charge on any atom is -0.440 e. The molecular weight excluding hydrogens is 579 g/mol. The summed E-state index contributed by atoms with van der Waals surface area (Å²) in [6.07, 6.45) is 0.170. The lowest BCUT2D eigenvalue weighted by atomic mass is 9.73. The number of benzene rings is 2. The van der Waals surface area contributed by atoms with E-state index < -0.39 is 27.0 Å². The number of oxazole rings is 1. The summed E-state index contributed by atoms with van der Waals surface area (Å²) in [5.74, 6) is 0.0550. The number of sulfone groups is 1. The highest BCUT2D eigenvalue weighted by Crippen LogP contribution is 2.51. The fourth-order valence-corrected chi connectivity index (χ4v) is 7.52. The number of aromatic nitrogens is 1. The van der Waals surface area contributed by atoms with Gasteiger partial charge in [0.05, 0.1) is 28.6 Å². The summed E-state index contributed by atoms with van der Waals surface area (Å²) in [6, 6.07) is 14.6. The molecule has 0 spiro atoms. The van der Waals surface area contributed by atoms with Crippen molar-refractivity contribution in [2.75, 3.05) is 29.5 Å². The van der Waals surface area contributed by atoms with E-state index in [2.05, 4.69) is 6.07 Å². The van der Waals surface area contributed by atoms with Crippen LogP contribution in [0.5, 0.6) is 0 Å². The van der Waals surface area contributed by atoms with Crippen LogP contribution >= 0.6 is 0 Å². The van der Waals surface area contributed by atoms with E-state index in [1.54, 1.807) is 0 Å². The van der Waals surface area contributed by atoms with Crippen LogP contribution < -0.4 is 4.90 Å². The van der Waals surface area contributed by atoms with E-state index in [1.165, 1.54) is 12.1 Å². The second kappa shape index (κ2) is 11.1. The summed E-state index contributed by atoms with van der Waals surface area (Å²) in [5, 5.41) is 9.59. The molecule has 0 unspecified atom stereocenters. The fraction of sp³-hybridized carbons (Fsp3) is 0.469. The second-order valence-electron chi connectivity index (χ2n) is 12.0. The van der Waals surface area contributed by atoms with Gasteiger partial charge in [-0.25, -0.2) is 13.4 Å². The number of halogens is 3. The second-order valence-corrected chi connectivity index (χ2v) is 14.3. The average molecular weight is 612 g/mol. The van der Waals surface area contributed by atoms with Gasteiger partial charge in [0.2, 0.25) is 5.89 Å². The number of carbonyl (C=O) groups excluding carboxylic acids is 1. The van der Waals surface area contributed by atoms with Crippen LogP contribution in [0.1, 0.15) is 62.2 Å². The van der Waals surface area contributed by atoms with Gasteiger partial charge in [0.25, 0.3) is 0 Å². The Morgan fingerprint density at radius 3 is 2.40 bits per heavy atom. The maximum absolute atomic E-state index is 13.6. The smallest absolute Gasteiger partial charge is 0.416 e. The summed E-state index contributed by atoms with van der Waals surface area (Å²) in [7, 11) is -3.03. The first-order valence-corrected chi connectivity index (χ1v) is 16.5. The Bertz CT molecular complexity index is 1660. The SMILES string of the molecule is N#CC1(CC(=O)[C@@H]2CCCC[C@H]2c2oc(-c3cccc(C(F)(F)F)c3)nc2-c2ccc(N3CCS(=O)(=O)CC3)cc2)CC1. The first kappa shape index (κ1) is 29.4. The molecule has 2 saturated carbocycles. The van der Waals surface area contributed by atoms with Crippen LogP contribution in [0.25, 0.3) is 22.7 Å². The van der Waals surface area contributed by atoms with Crippen molar-refractivity contribution in [3.63, 3.8) is 0 Å². The summed E-state index contributed by atoms with van der Waals surface area (Å²) in [5.41, 5.74) is 0.837. The maximum Gasteiger partial charge on any atom is 0.416 e. The summed E-state index contributed by atoms with van der Waals surface area (Å²) in [6.45, 7) is 0.791. The molecule has 3 aliphatic rings. The number of Topliss-reactive ketones (excluding diaryl/α,β-unsaturated/α-hetero) is 1. The van der Waals surface area contributed by atoms with Gasteiger partial charge in [0, 0.05) is 48.2 Å². The van der Waals surface area contributed by atoms with Crippen LogP contribution in [0.15, 0.2) is 52.9 Å². The zero-order valence-corrected chi connectivity index (χ0v) is 24.4. The van der Waals surface area contributed by atoms with E-state index in [0.29, 0.717) is 42.9 Å². The molecule has 7 nitrogen and oxygen atoms in total. The number of alkyl halides is 3. The van der Waals surface area contributed by atoms with E-state index >= 15 is 0 Å². The molecule has 1 saturated heterocycles. The highest BCUT2D eigenvalue weighted by molar-refractivity contribution is 7.91. The first-order valence-electron chi connectivity index (χ1n) is 14.7. The van der Waals surface area contributed by atoms with Crippen molar-refractivity contribution in [1.29, 1.82) is 5.26 Å². The Morgan fingerprint density at radius 1 is 1.05 bits per heavy atom. The van der Waals surface area contributed by atoms with Crippen molar-refractivity contribution in [2.45, 2.75) is 57.0 Å². The third-order valence-corrected chi connectivity index (χ3v) is 10.7. The van der Waals surface area contributed by atoms with Crippen LogP contribution in [0, 0.1) is 22.7 Å². The average Bonchev–Trinajstić information content (AvgIpc) is 3.63. The van der Waals surface area contributed by atoms with E-state index in [1.807, 2.05) is 29.2 Å². The predicted molar refractivity (Wildman–Crippen MR) is 155 cm³/mol. The number of rotatable bonds is 7. The molecule has 3 fully saturated rings. The van der Waals surface area contributed by atoms with Gasteiger partial charge in [-0.1, -0.05) is 31.0 Å².